The van der Waals surface area contributed by atoms with Crippen LogP contribution in [0.1, 0.15) is 113 Å². The van der Waals surface area contributed by atoms with Crippen LogP contribution in [0.3, 0.4) is 0 Å². The van der Waals surface area contributed by atoms with E-state index < -0.39 is 85.7 Å². The van der Waals surface area contributed by atoms with Gasteiger partial charge >= 0.3 is 6.09 Å². The van der Waals surface area contributed by atoms with Crippen molar-refractivity contribution in [3.05, 3.63) is 60.2 Å². The van der Waals surface area contributed by atoms with Crippen molar-refractivity contribution in [3.63, 3.8) is 0 Å². The number of ketones is 2. The molecule has 1 aromatic carbocycles. The van der Waals surface area contributed by atoms with Crippen LogP contribution < -0.4 is 19.5 Å². The molecule has 0 radical (unpaired) electrons. The Morgan fingerprint density at radius 1 is 1.02 bits per heavy atom. The summed E-state index contributed by atoms with van der Waals surface area (Å²) >= 11 is 0. The molecule has 3 saturated carbocycles. The maximum atomic E-state index is 15.1. The second-order valence-electron chi connectivity index (χ2n) is 19.4. The highest BCUT2D eigenvalue weighted by molar-refractivity contribution is 7.90. The molecule has 4 fully saturated rings. The van der Waals surface area contributed by atoms with E-state index in [0.29, 0.717) is 37.6 Å². The van der Waals surface area contributed by atoms with E-state index in [9.17, 15) is 32.4 Å². The largest absolute Gasteiger partial charge is 0.486 e. The SMILES string of the molecule is C=C[C@H]1C[C@@]1(CC(=O)C1C[C@@H](OC(=O)N2Cc3ccc4c(c3C2)OCCO4)CN1C(=O)[C@@H](CC(=O)[C@@H](NC(=O)c1cnccn1)C1CCCCC1)C(C)(C)C)C(=O)NS(=O)(=O)C1CC1. The molecule has 3 aliphatic carbocycles. The van der Waals surface area contributed by atoms with Crippen LogP contribution in [-0.2, 0) is 47.0 Å². The third-order valence-electron chi connectivity index (χ3n) is 13.9. The number of ether oxygens (including phenoxy) is 3. The Kier molecular flexibility index (Phi) is 12.6. The van der Waals surface area contributed by atoms with Crippen LogP contribution in [0.15, 0.2) is 43.4 Å². The molecule has 4 amide bonds. The molecule has 8 rings (SSSR count). The molecular formula is C46H58N6O11S. The fourth-order valence-electron chi connectivity index (χ4n) is 9.93. The summed E-state index contributed by atoms with van der Waals surface area (Å²) in [6.07, 6.45) is 8.71. The summed E-state index contributed by atoms with van der Waals surface area (Å²) in [5.41, 5.74) is -0.455. The number of aromatic nitrogens is 2. The smallest absolute Gasteiger partial charge is 0.410 e. The molecule has 18 heteroatoms. The predicted octanol–water partition coefficient (Wildman–Crippen LogP) is 4.43. The van der Waals surface area contributed by atoms with Gasteiger partial charge in [-0.3, -0.25) is 38.6 Å². The lowest BCUT2D eigenvalue weighted by Crippen LogP contribution is -2.51. The first-order valence-electron chi connectivity index (χ1n) is 22.5. The lowest BCUT2D eigenvalue weighted by molar-refractivity contribution is -0.146. The van der Waals surface area contributed by atoms with Gasteiger partial charge in [-0.15, -0.1) is 6.58 Å². The number of allylic oxidation sites excluding steroid dienone is 1. The van der Waals surface area contributed by atoms with Gasteiger partial charge in [-0.2, -0.15) is 0 Å². The fraction of sp³-hybridized carbons (Fsp3) is 0.609. The minimum atomic E-state index is -3.93. The van der Waals surface area contributed by atoms with Crippen molar-refractivity contribution in [2.75, 3.05) is 19.8 Å². The number of benzene rings is 1. The molecule has 17 nitrogen and oxygen atoms in total. The maximum Gasteiger partial charge on any atom is 0.410 e. The van der Waals surface area contributed by atoms with Crippen molar-refractivity contribution in [1.29, 1.82) is 0 Å². The number of nitrogens with zero attached hydrogens (tertiary/aromatic N) is 4. The van der Waals surface area contributed by atoms with Crippen LogP contribution in [0.25, 0.3) is 0 Å². The molecule has 6 atom stereocenters. The summed E-state index contributed by atoms with van der Waals surface area (Å²) in [5.74, 6) is -3.09. The van der Waals surface area contributed by atoms with Crippen LogP contribution in [-0.4, -0.2) is 107 Å². The first kappa shape index (κ1) is 45.2. The number of Topliss-reactive ketones (excluding diaryl/α,β-unsaturated/α-hetero) is 2. The van der Waals surface area contributed by atoms with Crippen molar-refractivity contribution < 1.29 is 51.4 Å². The molecule has 4 heterocycles. The number of carbonyl (C=O) groups excluding carboxylic acids is 6. The number of fused-ring (bicyclic) bond motifs is 3. The lowest BCUT2D eigenvalue weighted by Gasteiger charge is -2.36. The van der Waals surface area contributed by atoms with Crippen molar-refractivity contribution in [2.45, 2.75) is 128 Å². The first-order chi connectivity index (χ1) is 30.5. The summed E-state index contributed by atoms with van der Waals surface area (Å²) in [6.45, 7) is 10.4. The van der Waals surface area contributed by atoms with Gasteiger partial charge in [-0.1, -0.05) is 52.2 Å². The lowest BCUT2D eigenvalue weighted by atomic mass is 9.74. The highest BCUT2D eigenvalue weighted by atomic mass is 32.2. The van der Waals surface area contributed by atoms with E-state index in [1.807, 2.05) is 32.9 Å². The van der Waals surface area contributed by atoms with Gasteiger partial charge in [0.1, 0.15) is 25.0 Å². The van der Waals surface area contributed by atoms with E-state index in [2.05, 4.69) is 26.6 Å². The quantitative estimate of drug-likeness (QED) is 0.237. The van der Waals surface area contributed by atoms with Gasteiger partial charge in [0.05, 0.1) is 42.0 Å². The monoisotopic (exact) mass is 902 g/mol. The normalized spacial score (nSPS) is 25.1. The van der Waals surface area contributed by atoms with Crippen LogP contribution in [0.5, 0.6) is 11.5 Å². The van der Waals surface area contributed by atoms with Crippen LogP contribution >= 0.6 is 0 Å². The summed E-state index contributed by atoms with van der Waals surface area (Å²) in [4.78, 5) is 96.4. The van der Waals surface area contributed by atoms with E-state index >= 15 is 4.79 Å². The highest BCUT2D eigenvalue weighted by Crippen LogP contribution is 2.57. The number of carbonyl (C=O) groups is 6. The zero-order chi connectivity index (χ0) is 45.6. The Morgan fingerprint density at radius 2 is 1.77 bits per heavy atom. The molecular weight excluding hydrogens is 845 g/mol. The number of amides is 4. The van der Waals surface area contributed by atoms with Crippen molar-refractivity contribution in [2.24, 2.45) is 28.6 Å². The number of likely N-dealkylation sites (tertiary alicyclic amines) is 1. The predicted molar refractivity (Wildman–Crippen MR) is 230 cm³/mol. The zero-order valence-corrected chi connectivity index (χ0v) is 37.5. The first-order valence-corrected chi connectivity index (χ1v) is 24.0. The zero-order valence-electron chi connectivity index (χ0n) is 36.7. The molecule has 3 aliphatic heterocycles. The Bertz CT molecular complexity index is 2310. The molecule has 1 unspecified atom stereocenters. The highest BCUT2D eigenvalue weighted by Gasteiger charge is 2.61. The van der Waals surface area contributed by atoms with Crippen LogP contribution in [0, 0.1) is 28.6 Å². The standard InChI is InChI=1S/C46H58N6O11S/c1-5-29-21-46(29,43(57)50-64(59,60)31-12-13-31)22-37(54)35-19-30(63-44(58)51-24-28-11-14-38-40(32(28)26-51)62-18-17-61-38)25-52(35)42(56)33(45(2,3)4)20-36(53)39(27-9-7-6-8-10-27)49-41(55)34-23-47-15-16-48-34/h5,11,14-16,23,27,29-31,33,35,39H,1,6-10,12-13,17-22,24-26H2,2-4H3,(H,49,55)(H,50,57)/t29-,30+,33+,35?,39-,46-/m0/s1. The minimum Gasteiger partial charge on any atom is -0.486 e. The number of rotatable bonds is 15. The number of hydrogen-bond donors (Lipinski definition) is 2. The summed E-state index contributed by atoms with van der Waals surface area (Å²) < 4.78 is 45.7. The van der Waals surface area contributed by atoms with Gasteiger partial charge in [0.2, 0.25) is 21.8 Å². The van der Waals surface area contributed by atoms with E-state index in [4.69, 9.17) is 14.2 Å². The topological polar surface area (TPSA) is 221 Å². The number of hydrogen-bond acceptors (Lipinski definition) is 13. The minimum absolute atomic E-state index is 0.0593. The molecule has 1 aromatic heterocycles. The summed E-state index contributed by atoms with van der Waals surface area (Å²) in [7, 11) is -3.93. The second-order valence-corrected chi connectivity index (χ2v) is 21.3. The summed E-state index contributed by atoms with van der Waals surface area (Å²) in [5, 5.41) is 2.26. The molecule has 64 heavy (non-hydrogen) atoms. The van der Waals surface area contributed by atoms with E-state index in [-0.39, 0.29) is 62.7 Å². The van der Waals surface area contributed by atoms with Crippen LogP contribution in [0.4, 0.5) is 4.79 Å². The van der Waals surface area contributed by atoms with Crippen molar-refractivity contribution in [3.8, 4) is 11.5 Å². The second kappa shape index (κ2) is 17.9. The summed E-state index contributed by atoms with van der Waals surface area (Å²) in [6, 6.07) is 1.62. The van der Waals surface area contributed by atoms with E-state index in [0.717, 1.165) is 43.2 Å². The molecule has 0 bridgehead atoms. The van der Waals surface area contributed by atoms with E-state index in [1.165, 1.54) is 34.5 Å². The van der Waals surface area contributed by atoms with Gasteiger partial charge in [-0.05, 0) is 61.0 Å². The average Bonchev–Trinajstić information content (AvgIpc) is 4.17. The number of sulfonamides is 1. The number of nitrogens with one attached hydrogen (secondary N) is 2. The Labute approximate surface area is 373 Å². The third kappa shape index (κ3) is 9.38. The molecule has 0 spiro atoms. The third-order valence-corrected chi connectivity index (χ3v) is 15.7. The molecule has 6 aliphatic rings. The van der Waals surface area contributed by atoms with E-state index in [1.54, 1.807) is 0 Å². The van der Waals surface area contributed by atoms with Gasteiger partial charge in [0.25, 0.3) is 5.91 Å². The molecule has 1 saturated heterocycles. The van der Waals surface area contributed by atoms with Crippen molar-refractivity contribution >= 4 is 45.4 Å². The Hall–Kier alpha value is -5.39. The van der Waals surface area contributed by atoms with Crippen LogP contribution in [0.2, 0.25) is 0 Å². The van der Waals surface area contributed by atoms with Crippen molar-refractivity contribution in [1.82, 2.24) is 29.8 Å². The maximum absolute atomic E-state index is 15.1. The van der Waals surface area contributed by atoms with Gasteiger partial charge < -0.3 is 24.4 Å². The molecule has 2 aromatic rings. The molecule has 2 N–H and O–H groups in total. The fourth-order valence-corrected chi connectivity index (χ4v) is 11.3. The van der Waals surface area contributed by atoms with Gasteiger partial charge in [0, 0.05) is 49.7 Å². The average molecular weight is 903 g/mol. The Morgan fingerprint density at radius 3 is 2.44 bits per heavy atom. The van der Waals surface area contributed by atoms with Gasteiger partial charge in [0.15, 0.2) is 23.1 Å². The molecule has 344 valence electrons. The Balaban J connectivity index is 1.04. The van der Waals surface area contributed by atoms with Gasteiger partial charge in [-0.25, -0.2) is 18.2 Å².